The molecule has 0 atom stereocenters. The molecule has 2 aromatic rings. The van der Waals surface area contributed by atoms with E-state index in [4.69, 9.17) is 4.74 Å². The molecule has 0 aliphatic heterocycles. The summed E-state index contributed by atoms with van der Waals surface area (Å²) in [6.07, 6.45) is 0. The van der Waals surface area contributed by atoms with Crippen molar-refractivity contribution in [2.24, 2.45) is 0 Å². The van der Waals surface area contributed by atoms with Crippen molar-refractivity contribution in [3.8, 4) is 5.75 Å². The van der Waals surface area contributed by atoms with E-state index in [1.54, 1.807) is 13.2 Å². The first-order valence-electron chi connectivity index (χ1n) is 8.94. The molecule has 2 rings (SSSR count). The molecule has 0 aliphatic rings. The predicted molar refractivity (Wildman–Crippen MR) is 108 cm³/mol. The van der Waals surface area contributed by atoms with Gasteiger partial charge in [0.25, 0.3) is 0 Å². The van der Waals surface area contributed by atoms with E-state index in [0.717, 1.165) is 16.8 Å². The number of anilines is 2. The summed E-state index contributed by atoms with van der Waals surface area (Å²) in [5, 5.41) is 8.51. The third kappa shape index (κ3) is 6.02. The molecule has 27 heavy (non-hydrogen) atoms. The summed E-state index contributed by atoms with van der Waals surface area (Å²) in [5.74, 6) is 0.369. The molecule has 0 bridgehead atoms. The first-order chi connectivity index (χ1) is 12.9. The van der Waals surface area contributed by atoms with Gasteiger partial charge in [0.15, 0.2) is 0 Å². The monoisotopic (exact) mass is 369 g/mol. The van der Waals surface area contributed by atoms with Crippen LogP contribution in [0.1, 0.15) is 30.9 Å². The Labute approximate surface area is 160 Å². The van der Waals surface area contributed by atoms with Crippen molar-refractivity contribution in [3.63, 3.8) is 0 Å². The van der Waals surface area contributed by atoms with Gasteiger partial charge in [0.2, 0.25) is 11.8 Å². The molecule has 0 unspecified atom stereocenters. The largest absolute Gasteiger partial charge is 0.495 e. The van der Waals surface area contributed by atoms with Crippen molar-refractivity contribution in [3.05, 3.63) is 53.6 Å². The maximum absolute atomic E-state index is 12.1. The topological polar surface area (TPSA) is 79.5 Å². The summed E-state index contributed by atoms with van der Waals surface area (Å²) in [5.41, 5.74) is 3.66. The number of hydrogen-bond acceptors (Lipinski definition) is 4. The van der Waals surface area contributed by atoms with Crippen LogP contribution in [0.2, 0.25) is 0 Å². The first-order valence-corrected chi connectivity index (χ1v) is 8.94. The number of para-hydroxylation sites is 1. The summed E-state index contributed by atoms with van der Waals surface area (Å²) < 4.78 is 5.23. The fourth-order valence-corrected chi connectivity index (χ4v) is 2.69. The molecule has 0 aromatic heterocycles. The van der Waals surface area contributed by atoms with Crippen molar-refractivity contribution in [2.75, 3.05) is 30.8 Å². The Hall–Kier alpha value is -3.02. The fourth-order valence-electron chi connectivity index (χ4n) is 2.69. The van der Waals surface area contributed by atoms with E-state index < -0.39 is 0 Å². The Morgan fingerprint density at radius 2 is 1.74 bits per heavy atom. The summed E-state index contributed by atoms with van der Waals surface area (Å²) in [6, 6.07) is 13.4. The molecule has 144 valence electrons. The number of hydrogen-bond donors (Lipinski definition) is 3. The summed E-state index contributed by atoms with van der Waals surface area (Å²) >= 11 is 0. The zero-order chi connectivity index (χ0) is 19.8. The standard InChI is InChI=1S/C21H27N3O3/c1-14(2)16-7-5-6-8-17(16)22-12-20(25)23-13-21(26)24-18-11-15(3)9-10-19(18)27-4/h5-11,14,22H,12-13H2,1-4H3,(H,23,25)(H,24,26). The number of carbonyl (C=O) groups excluding carboxylic acids is 2. The van der Waals surface area contributed by atoms with Crippen molar-refractivity contribution >= 4 is 23.2 Å². The number of ether oxygens (including phenoxy) is 1. The maximum atomic E-state index is 12.1. The number of carbonyl (C=O) groups is 2. The molecule has 6 heteroatoms. The Balaban J connectivity index is 1.84. The first kappa shape index (κ1) is 20.3. The molecular weight excluding hydrogens is 342 g/mol. The summed E-state index contributed by atoms with van der Waals surface area (Å²) in [4.78, 5) is 24.2. The third-order valence-electron chi connectivity index (χ3n) is 4.10. The lowest BCUT2D eigenvalue weighted by atomic mass is 10.0. The Morgan fingerprint density at radius 3 is 2.44 bits per heavy atom. The predicted octanol–water partition coefficient (Wildman–Crippen LogP) is 3.29. The van der Waals surface area contributed by atoms with Crippen molar-refractivity contribution in [2.45, 2.75) is 26.7 Å². The van der Waals surface area contributed by atoms with Crippen LogP contribution in [0, 0.1) is 6.92 Å². The Bertz CT molecular complexity index is 803. The second-order valence-corrected chi connectivity index (χ2v) is 6.62. The average Bonchev–Trinajstić information content (AvgIpc) is 2.65. The van der Waals surface area contributed by atoms with Crippen LogP contribution in [-0.4, -0.2) is 32.0 Å². The number of aryl methyl sites for hydroxylation is 1. The van der Waals surface area contributed by atoms with Gasteiger partial charge in [-0.1, -0.05) is 38.1 Å². The van der Waals surface area contributed by atoms with Crippen molar-refractivity contribution in [1.29, 1.82) is 0 Å². The van der Waals surface area contributed by atoms with E-state index in [2.05, 4.69) is 29.8 Å². The van der Waals surface area contributed by atoms with Gasteiger partial charge in [-0.25, -0.2) is 0 Å². The number of nitrogens with one attached hydrogen (secondary N) is 3. The molecule has 0 spiro atoms. The van der Waals surface area contributed by atoms with Gasteiger partial charge in [0, 0.05) is 5.69 Å². The maximum Gasteiger partial charge on any atom is 0.243 e. The lowest BCUT2D eigenvalue weighted by Crippen LogP contribution is -2.36. The highest BCUT2D eigenvalue weighted by molar-refractivity contribution is 5.96. The van der Waals surface area contributed by atoms with Gasteiger partial charge in [-0.3, -0.25) is 9.59 Å². The molecule has 0 heterocycles. The smallest absolute Gasteiger partial charge is 0.243 e. The number of rotatable bonds is 8. The molecular formula is C21H27N3O3. The third-order valence-corrected chi connectivity index (χ3v) is 4.10. The molecule has 6 nitrogen and oxygen atoms in total. The Morgan fingerprint density at radius 1 is 1.00 bits per heavy atom. The van der Waals surface area contributed by atoms with Crippen LogP contribution >= 0.6 is 0 Å². The fraction of sp³-hybridized carbons (Fsp3) is 0.333. The quantitative estimate of drug-likeness (QED) is 0.667. The van der Waals surface area contributed by atoms with Gasteiger partial charge in [-0.05, 0) is 42.2 Å². The van der Waals surface area contributed by atoms with Crippen LogP contribution in [0.3, 0.4) is 0 Å². The van der Waals surface area contributed by atoms with Crippen LogP contribution < -0.4 is 20.7 Å². The molecule has 0 aliphatic carbocycles. The SMILES string of the molecule is COc1ccc(C)cc1NC(=O)CNC(=O)CNc1ccccc1C(C)C. The number of amides is 2. The van der Waals surface area contributed by atoms with Crippen molar-refractivity contribution in [1.82, 2.24) is 5.32 Å². The molecule has 0 saturated carbocycles. The molecule has 0 radical (unpaired) electrons. The van der Waals surface area contributed by atoms with Crippen LogP contribution in [0.15, 0.2) is 42.5 Å². The van der Waals surface area contributed by atoms with Crippen LogP contribution in [0.5, 0.6) is 5.75 Å². The molecule has 0 fully saturated rings. The molecule has 0 saturated heterocycles. The normalized spacial score (nSPS) is 10.4. The lowest BCUT2D eigenvalue weighted by molar-refractivity contribution is -0.122. The van der Waals surface area contributed by atoms with E-state index in [1.165, 1.54) is 0 Å². The van der Waals surface area contributed by atoms with Gasteiger partial charge in [0.1, 0.15) is 5.75 Å². The van der Waals surface area contributed by atoms with E-state index >= 15 is 0 Å². The molecule has 2 aromatic carbocycles. The summed E-state index contributed by atoms with van der Waals surface area (Å²) in [7, 11) is 1.54. The van der Waals surface area contributed by atoms with Crippen molar-refractivity contribution < 1.29 is 14.3 Å². The average molecular weight is 369 g/mol. The highest BCUT2D eigenvalue weighted by atomic mass is 16.5. The molecule has 2 amide bonds. The highest BCUT2D eigenvalue weighted by Gasteiger charge is 2.11. The highest BCUT2D eigenvalue weighted by Crippen LogP contribution is 2.25. The number of methoxy groups -OCH3 is 1. The Kier molecular flexibility index (Phi) is 7.23. The van der Waals surface area contributed by atoms with E-state index in [1.807, 2.05) is 43.3 Å². The zero-order valence-corrected chi connectivity index (χ0v) is 16.3. The van der Waals surface area contributed by atoms with E-state index in [9.17, 15) is 9.59 Å². The minimum absolute atomic E-state index is 0.102. The zero-order valence-electron chi connectivity index (χ0n) is 16.3. The van der Waals surface area contributed by atoms with Gasteiger partial charge < -0.3 is 20.7 Å². The minimum Gasteiger partial charge on any atom is -0.495 e. The second kappa shape index (κ2) is 9.62. The van der Waals surface area contributed by atoms with Gasteiger partial charge >= 0.3 is 0 Å². The van der Waals surface area contributed by atoms with Crippen LogP contribution in [-0.2, 0) is 9.59 Å². The van der Waals surface area contributed by atoms with Gasteiger partial charge in [-0.15, -0.1) is 0 Å². The van der Waals surface area contributed by atoms with E-state index in [-0.39, 0.29) is 24.9 Å². The minimum atomic E-state index is -0.310. The van der Waals surface area contributed by atoms with Crippen LogP contribution in [0.25, 0.3) is 0 Å². The number of benzene rings is 2. The van der Waals surface area contributed by atoms with E-state index in [0.29, 0.717) is 17.4 Å². The van der Waals surface area contributed by atoms with Gasteiger partial charge in [-0.2, -0.15) is 0 Å². The van der Waals surface area contributed by atoms with Gasteiger partial charge in [0.05, 0.1) is 25.9 Å². The summed E-state index contributed by atoms with van der Waals surface area (Å²) in [6.45, 7) is 6.13. The molecule has 3 N–H and O–H groups in total. The second-order valence-electron chi connectivity index (χ2n) is 6.62. The van der Waals surface area contributed by atoms with Crippen LogP contribution in [0.4, 0.5) is 11.4 Å². The lowest BCUT2D eigenvalue weighted by Gasteiger charge is -2.14.